The van der Waals surface area contributed by atoms with Gasteiger partial charge in [0.1, 0.15) is 11.8 Å². The van der Waals surface area contributed by atoms with E-state index >= 15 is 0 Å². The molecule has 2 heterocycles. The van der Waals surface area contributed by atoms with E-state index in [9.17, 15) is 5.26 Å². The SMILES string of the molecule is Cc1noc(C)c1C(C#N)N1CCCCC1. The van der Waals surface area contributed by atoms with Gasteiger partial charge in [0.25, 0.3) is 0 Å². The van der Waals surface area contributed by atoms with Crippen LogP contribution >= 0.6 is 0 Å². The van der Waals surface area contributed by atoms with Crippen LogP contribution in [0.1, 0.15) is 42.3 Å². The topological polar surface area (TPSA) is 53.1 Å². The molecule has 1 aromatic rings. The first-order chi connectivity index (χ1) is 7.74. The van der Waals surface area contributed by atoms with Gasteiger partial charge in [-0.05, 0) is 39.8 Å². The third-order valence-electron chi connectivity index (χ3n) is 3.24. The van der Waals surface area contributed by atoms with Crippen LogP contribution < -0.4 is 0 Å². The molecule has 1 saturated heterocycles. The molecule has 16 heavy (non-hydrogen) atoms. The minimum atomic E-state index is -0.188. The maximum absolute atomic E-state index is 9.34. The van der Waals surface area contributed by atoms with Crippen LogP contribution in [0.4, 0.5) is 0 Å². The molecule has 1 fully saturated rings. The average Bonchev–Trinajstić information content (AvgIpc) is 2.63. The first-order valence-corrected chi connectivity index (χ1v) is 5.80. The van der Waals surface area contributed by atoms with Crippen LogP contribution in [-0.2, 0) is 0 Å². The molecular formula is C12H17N3O. The van der Waals surface area contributed by atoms with Gasteiger partial charge in [0.05, 0.1) is 11.8 Å². The highest BCUT2D eigenvalue weighted by Gasteiger charge is 2.27. The maximum Gasteiger partial charge on any atom is 0.139 e. The van der Waals surface area contributed by atoms with E-state index in [1.54, 1.807) is 0 Å². The van der Waals surface area contributed by atoms with E-state index in [1.165, 1.54) is 19.3 Å². The predicted octanol–water partition coefficient (Wildman–Crippen LogP) is 2.34. The minimum absolute atomic E-state index is 0.188. The Morgan fingerprint density at radius 1 is 1.31 bits per heavy atom. The summed E-state index contributed by atoms with van der Waals surface area (Å²) in [6.07, 6.45) is 3.64. The van der Waals surface area contributed by atoms with Gasteiger partial charge < -0.3 is 4.52 Å². The van der Waals surface area contributed by atoms with Crippen molar-refractivity contribution in [2.24, 2.45) is 0 Å². The average molecular weight is 219 g/mol. The predicted molar refractivity (Wildman–Crippen MR) is 59.8 cm³/mol. The van der Waals surface area contributed by atoms with Crippen molar-refractivity contribution in [1.82, 2.24) is 10.1 Å². The molecule has 0 N–H and O–H groups in total. The molecule has 4 heteroatoms. The van der Waals surface area contributed by atoms with Crippen molar-refractivity contribution < 1.29 is 4.52 Å². The lowest BCUT2D eigenvalue weighted by molar-refractivity contribution is 0.194. The number of aryl methyl sites for hydroxylation is 2. The third-order valence-corrected chi connectivity index (χ3v) is 3.24. The summed E-state index contributed by atoms with van der Waals surface area (Å²) < 4.78 is 5.14. The van der Waals surface area contributed by atoms with Crippen LogP contribution in [0.15, 0.2) is 4.52 Å². The molecule has 86 valence electrons. The van der Waals surface area contributed by atoms with Crippen molar-refractivity contribution >= 4 is 0 Å². The standard InChI is InChI=1S/C12H17N3O/c1-9-12(10(2)16-14-9)11(8-13)15-6-4-3-5-7-15/h11H,3-7H2,1-2H3. The van der Waals surface area contributed by atoms with Gasteiger partial charge in [-0.25, -0.2) is 0 Å². The number of hydrogen-bond donors (Lipinski definition) is 0. The zero-order chi connectivity index (χ0) is 11.5. The quantitative estimate of drug-likeness (QED) is 0.766. The molecule has 1 atom stereocenters. The van der Waals surface area contributed by atoms with Crippen LogP contribution in [0, 0.1) is 25.2 Å². The molecule has 1 aliphatic heterocycles. The Bertz CT molecular complexity index is 379. The summed E-state index contributed by atoms with van der Waals surface area (Å²) in [5, 5.41) is 13.3. The first-order valence-electron chi connectivity index (χ1n) is 5.80. The smallest absolute Gasteiger partial charge is 0.139 e. The van der Waals surface area contributed by atoms with Gasteiger partial charge in [0.2, 0.25) is 0 Å². The Morgan fingerprint density at radius 2 is 2.00 bits per heavy atom. The summed E-state index contributed by atoms with van der Waals surface area (Å²) in [6.45, 7) is 5.79. The fraction of sp³-hybridized carbons (Fsp3) is 0.667. The number of likely N-dealkylation sites (tertiary alicyclic amines) is 1. The van der Waals surface area contributed by atoms with Crippen molar-refractivity contribution in [3.63, 3.8) is 0 Å². The highest BCUT2D eigenvalue weighted by atomic mass is 16.5. The normalized spacial score (nSPS) is 19.3. The molecule has 1 aliphatic rings. The fourth-order valence-electron chi connectivity index (χ4n) is 2.39. The summed E-state index contributed by atoms with van der Waals surface area (Å²) >= 11 is 0. The second-order valence-corrected chi connectivity index (χ2v) is 4.37. The fourth-order valence-corrected chi connectivity index (χ4v) is 2.39. The zero-order valence-corrected chi connectivity index (χ0v) is 9.86. The summed E-state index contributed by atoms with van der Waals surface area (Å²) in [7, 11) is 0. The van der Waals surface area contributed by atoms with Gasteiger partial charge in [-0.2, -0.15) is 5.26 Å². The molecule has 0 amide bonds. The van der Waals surface area contributed by atoms with E-state index in [0.29, 0.717) is 0 Å². The highest BCUT2D eigenvalue weighted by molar-refractivity contribution is 5.29. The van der Waals surface area contributed by atoms with Crippen LogP contribution in [0.2, 0.25) is 0 Å². The van der Waals surface area contributed by atoms with Crippen LogP contribution in [0.3, 0.4) is 0 Å². The molecule has 0 bridgehead atoms. The molecule has 0 saturated carbocycles. The lowest BCUT2D eigenvalue weighted by atomic mass is 10.0. The van der Waals surface area contributed by atoms with E-state index in [0.717, 1.165) is 30.1 Å². The van der Waals surface area contributed by atoms with E-state index in [4.69, 9.17) is 4.52 Å². The lowest BCUT2D eigenvalue weighted by Gasteiger charge is -2.30. The number of nitrogens with zero attached hydrogens (tertiary/aromatic N) is 3. The Morgan fingerprint density at radius 3 is 2.50 bits per heavy atom. The van der Waals surface area contributed by atoms with Crippen molar-refractivity contribution in [2.45, 2.75) is 39.2 Å². The highest BCUT2D eigenvalue weighted by Crippen LogP contribution is 2.28. The van der Waals surface area contributed by atoms with Gasteiger partial charge in [-0.15, -0.1) is 0 Å². The number of piperidine rings is 1. The summed E-state index contributed by atoms with van der Waals surface area (Å²) in [4.78, 5) is 2.23. The lowest BCUT2D eigenvalue weighted by Crippen LogP contribution is -2.33. The molecule has 0 aliphatic carbocycles. The van der Waals surface area contributed by atoms with Crippen molar-refractivity contribution in [3.05, 3.63) is 17.0 Å². The van der Waals surface area contributed by atoms with Gasteiger partial charge >= 0.3 is 0 Å². The molecule has 0 spiro atoms. The maximum atomic E-state index is 9.34. The Kier molecular flexibility index (Phi) is 3.25. The Labute approximate surface area is 95.8 Å². The first kappa shape index (κ1) is 11.2. The molecular weight excluding hydrogens is 202 g/mol. The summed E-state index contributed by atoms with van der Waals surface area (Å²) in [5.74, 6) is 0.773. The number of rotatable bonds is 2. The Balaban J connectivity index is 2.25. The van der Waals surface area contributed by atoms with Crippen molar-refractivity contribution in [1.29, 1.82) is 5.26 Å². The van der Waals surface area contributed by atoms with Gasteiger partial charge in [0.15, 0.2) is 0 Å². The van der Waals surface area contributed by atoms with Gasteiger partial charge in [-0.1, -0.05) is 11.6 Å². The Hall–Kier alpha value is -1.34. The monoisotopic (exact) mass is 219 g/mol. The number of aromatic nitrogens is 1. The molecule has 1 unspecified atom stereocenters. The number of nitriles is 1. The molecule has 1 aromatic heterocycles. The van der Waals surface area contributed by atoms with E-state index in [2.05, 4.69) is 16.1 Å². The second kappa shape index (κ2) is 4.67. The van der Waals surface area contributed by atoms with Crippen LogP contribution in [0.5, 0.6) is 0 Å². The summed E-state index contributed by atoms with van der Waals surface area (Å²) in [6, 6.07) is 2.19. The van der Waals surface area contributed by atoms with Crippen LogP contribution in [-0.4, -0.2) is 23.1 Å². The van der Waals surface area contributed by atoms with Gasteiger partial charge in [0, 0.05) is 5.56 Å². The van der Waals surface area contributed by atoms with E-state index < -0.39 is 0 Å². The van der Waals surface area contributed by atoms with Crippen molar-refractivity contribution in [2.75, 3.05) is 13.1 Å². The van der Waals surface area contributed by atoms with E-state index in [-0.39, 0.29) is 6.04 Å². The molecule has 4 nitrogen and oxygen atoms in total. The molecule has 2 rings (SSSR count). The molecule has 0 aromatic carbocycles. The van der Waals surface area contributed by atoms with Gasteiger partial charge in [-0.3, -0.25) is 4.90 Å². The third kappa shape index (κ3) is 1.96. The summed E-state index contributed by atoms with van der Waals surface area (Å²) in [5.41, 5.74) is 1.80. The second-order valence-electron chi connectivity index (χ2n) is 4.37. The van der Waals surface area contributed by atoms with Crippen molar-refractivity contribution in [3.8, 4) is 6.07 Å². The zero-order valence-electron chi connectivity index (χ0n) is 9.86. The minimum Gasteiger partial charge on any atom is -0.361 e. The molecule has 0 radical (unpaired) electrons. The van der Waals surface area contributed by atoms with Crippen LogP contribution in [0.25, 0.3) is 0 Å². The van der Waals surface area contributed by atoms with E-state index in [1.807, 2.05) is 13.8 Å². The number of hydrogen-bond acceptors (Lipinski definition) is 4. The largest absolute Gasteiger partial charge is 0.361 e.